The highest BCUT2D eigenvalue weighted by atomic mass is 16.3. The van der Waals surface area contributed by atoms with Crippen LogP contribution in [0.15, 0.2) is 22.8 Å². The van der Waals surface area contributed by atoms with E-state index in [-0.39, 0.29) is 11.9 Å². The molecule has 1 aromatic rings. The van der Waals surface area contributed by atoms with E-state index >= 15 is 0 Å². The van der Waals surface area contributed by atoms with E-state index in [0.29, 0.717) is 6.54 Å². The zero-order valence-corrected chi connectivity index (χ0v) is 13.2. The van der Waals surface area contributed by atoms with Gasteiger partial charge in [-0.15, -0.1) is 0 Å². The Morgan fingerprint density at radius 3 is 2.64 bits per heavy atom. The van der Waals surface area contributed by atoms with Crippen LogP contribution in [0.5, 0.6) is 0 Å². The topological polar surface area (TPSA) is 77.8 Å². The van der Waals surface area contributed by atoms with Crippen LogP contribution >= 0.6 is 0 Å². The highest BCUT2D eigenvalue weighted by molar-refractivity contribution is 5.96. The lowest BCUT2D eigenvalue weighted by molar-refractivity contribution is -0.125. The molecule has 1 saturated heterocycles. The molecule has 1 aliphatic rings. The Kier molecular flexibility index (Phi) is 5.97. The fourth-order valence-electron chi connectivity index (χ4n) is 2.52. The monoisotopic (exact) mass is 308 g/mol. The second-order valence-corrected chi connectivity index (χ2v) is 5.42. The number of hydrogen-bond acceptors (Lipinski definition) is 5. The van der Waals surface area contributed by atoms with E-state index < -0.39 is 6.03 Å². The van der Waals surface area contributed by atoms with Crippen molar-refractivity contribution in [3.05, 3.63) is 24.2 Å². The van der Waals surface area contributed by atoms with E-state index in [4.69, 9.17) is 4.42 Å². The second kappa shape index (κ2) is 7.95. The molecule has 7 nitrogen and oxygen atoms in total. The number of carbonyl (C=O) groups excluding carboxylic acids is 2. The van der Waals surface area contributed by atoms with Crippen LogP contribution in [0, 0.1) is 0 Å². The molecule has 2 heterocycles. The van der Waals surface area contributed by atoms with Crippen molar-refractivity contribution >= 4 is 11.9 Å². The van der Waals surface area contributed by atoms with Gasteiger partial charge in [-0.05, 0) is 26.0 Å². The summed E-state index contributed by atoms with van der Waals surface area (Å²) in [7, 11) is 0. The number of amides is 3. The van der Waals surface area contributed by atoms with Gasteiger partial charge in [0.05, 0.1) is 18.8 Å². The summed E-state index contributed by atoms with van der Waals surface area (Å²) in [6.07, 6.45) is 1.68. The van der Waals surface area contributed by atoms with Crippen LogP contribution in [-0.4, -0.2) is 60.5 Å². The van der Waals surface area contributed by atoms with Crippen molar-refractivity contribution in [3.8, 4) is 0 Å². The van der Waals surface area contributed by atoms with E-state index in [1.807, 2.05) is 26.0 Å². The summed E-state index contributed by atoms with van der Waals surface area (Å²) in [4.78, 5) is 27.8. The highest BCUT2D eigenvalue weighted by Crippen LogP contribution is 2.11. The summed E-state index contributed by atoms with van der Waals surface area (Å²) in [5, 5.41) is 4.92. The van der Waals surface area contributed by atoms with Gasteiger partial charge in [0, 0.05) is 32.7 Å². The first-order chi connectivity index (χ1) is 10.6. The summed E-state index contributed by atoms with van der Waals surface area (Å²) in [5.41, 5.74) is 0. The first-order valence-electron chi connectivity index (χ1n) is 7.67. The van der Waals surface area contributed by atoms with Crippen molar-refractivity contribution in [2.45, 2.75) is 26.4 Å². The van der Waals surface area contributed by atoms with E-state index in [1.54, 1.807) is 6.26 Å². The van der Waals surface area contributed by atoms with Gasteiger partial charge in [-0.2, -0.15) is 0 Å². The highest BCUT2D eigenvalue weighted by Gasteiger charge is 2.26. The molecule has 1 atom stereocenters. The number of nitrogens with one attached hydrogen (secondary N) is 2. The maximum absolute atomic E-state index is 12.0. The molecule has 1 fully saturated rings. The third-order valence-electron chi connectivity index (χ3n) is 3.87. The smallest absolute Gasteiger partial charge is 0.321 e. The van der Waals surface area contributed by atoms with Crippen LogP contribution < -0.4 is 10.6 Å². The Hall–Kier alpha value is -1.86. The number of urea groups is 1. The minimum Gasteiger partial charge on any atom is -0.468 e. The van der Waals surface area contributed by atoms with Gasteiger partial charge in [-0.1, -0.05) is 0 Å². The van der Waals surface area contributed by atoms with Crippen molar-refractivity contribution in [3.63, 3.8) is 0 Å². The molecule has 3 amide bonds. The molecule has 0 aromatic carbocycles. The zero-order chi connectivity index (χ0) is 15.9. The third kappa shape index (κ3) is 4.57. The molecular weight excluding hydrogens is 284 g/mol. The fraction of sp³-hybridized carbons (Fsp3) is 0.600. The second-order valence-electron chi connectivity index (χ2n) is 5.42. The average Bonchev–Trinajstić information content (AvgIpc) is 3.00. The zero-order valence-electron chi connectivity index (χ0n) is 13.2. The van der Waals surface area contributed by atoms with E-state index in [1.165, 1.54) is 0 Å². The molecule has 0 bridgehead atoms. The summed E-state index contributed by atoms with van der Waals surface area (Å²) >= 11 is 0. The number of imide groups is 1. The summed E-state index contributed by atoms with van der Waals surface area (Å²) < 4.78 is 5.35. The van der Waals surface area contributed by atoms with Crippen LogP contribution in [0.1, 0.15) is 19.6 Å². The van der Waals surface area contributed by atoms with Crippen LogP contribution in [0.3, 0.4) is 0 Å². The van der Waals surface area contributed by atoms with Gasteiger partial charge in [0.2, 0.25) is 5.91 Å². The van der Waals surface area contributed by atoms with Crippen molar-refractivity contribution in [2.24, 2.45) is 0 Å². The number of rotatable bonds is 5. The molecule has 1 aromatic heterocycles. The molecule has 1 unspecified atom stereocenters. The van der Waals surface area contributed by atoms with Gasteiger partial charge >= 0.3 is 6.03 Å². The largest absolute Gasteiger partial charge is 0.468 e. The standard InChI is InChI=1S/C15H24N4O3/c1-3-16-15(21)17-14(20)12(2)19-8-6-18(7-9-19)11-13-5-4-10-22-13/h4-5,10,12H,3,6-9,11H2,1-2H3,(H2,16,17,20,21). The maximum Gasteiger partial charge on any atom is 0.321 e. The Morgan fingerprint density at radius 1 is 1.32 bits per heavy atom. The molecule has 2 N–H and O–H groups in total. The Bertz CT molecular complexity index is 481. The Labute approximate surface area is 130 Å². The van der Waals surface area contributed by atoms with Gasteiger partial charge in [0.15, 0.2) is 0 Å². The Balaban J connectivity index is 1.75. The minimum absolute atomic E-state index is 0.259. The van der Waals surface area contributed by atoms with E-state index in [9.17, 15) is 9.59 Å². The van der Waals surface area contributed by atoms with Gasteiger partial charge in [0.25, 0.3) is 0 Å². The molecule has 0 saturated carbocycles. The van der Waals surface area contributed by atoms with Crippen LogP contribution in [0.4, 0.5) is 4.79 Å². The lowest BCUT2D eigenvalue weighted by atomic mass is 10.2. The maximum atomic E-state index is 12.0. The van der Waals surface area contributed by atoms with Crippen molar-refractivity contribution < 1.29 is 14.0 Å². The predicted molar refractivity (Wildman–Crippen MR) is 82.2 cm³/mol. The molecule has 7 heteroatoms. The predicted octanol–water partition coefficient (Wildman–Crippen LogP) is 0.631. The molecule has 0 spiro atoms. The quantitative estimate of drug-likeness (QED) is 0.834. The molecule has 2 rings (SSSR count). The van der Waals surface area contributed by atoms with E-state index in [0.717, 1.165) is 38.5 Å². The lowest BCUT2D eigenvalue weighted by Crippen LogP contribution is -2.55. The third-order valence-corrected chi connectivity index (χ3v) is 3.87. The molecule has 0 radical (unpaired) electrons. The number of furan rings is 1. The van der Waals surface area contributed by atoms with Gasteiger partial charge < -0.3 is 9.73 Å². The summed E-state index contributed by atoms with van der Waals surface area (Å²) in [5.74, 6) is 0.695. The Morgan fingerprint density at radius 2 is 2.05 bits per heavy atom. The summed E-state index contributed by atoms with van der Waals surface area (Å²) in [6, 6.07) is 3.11. The van der Waals surface area contributed by atoms with Crippen LogP contribution in [0.2, 0.25) is 0 Å². The van der Waals surface area contributed by atoms with Crippen molar-refractivity contribution in [1.82, 2.24) is 20.4 Å². The fourth-order valence-corrected chi connectivity index (χ4v) is 2.52. The van der Waals surface area contributed by atoms with E-state index in [2.05, 4.69) is 20.4 Å². The molecule has 22 heavy (non-hydrogen) atoms. The van der Waals surface area contributed by atoms with Gasteiger partial charge in [-0.25, -0.2) is 4.79 Å². The molecule has 122 valence electrons. The van der Waals surface area contributed by atoms with Crippen LogP contribution in [0.25, 0.3) is 0 Å². The molecule has 1 aliphatic heterocycles. The van der Waals surface area contributed by atoms with Crippen molar-refractivity contribution in [2.75, 3.05) is 32.7 Å². The average molecular weight is 308 g/mol. The number of carbonyl (C=O) groups is 2. The van der Waals surface area contributed by atoms with Gasteiger partial charge in [0.1, 0.15) is 5.76 Å². The van der Waals surface area contributed by atoms with Gasteiger partial charge in [-0.3, -0.25) is 19.9 Å². The normalized spacial score (nSPS) is 17.9. The minimum atomic E-state index is -0.434. The first-order valence-corrected chi connectivity index (χ1v) is 7.67. The SMILES string of the molecule is CCNC(=O)NC(=O)C(C)N1CCN(Cc2ccco2)CC1. The van der Waals surface area contributed by atoms with Crippen LogP contribution in [-0.2, 0) is 11.3 Å². The number of piperazine rings is 1. The first kappa shape index (κ1) is 16.5. The lowest BCUT2D eigenvalue weighted by Gasteiger charge is -2.36. The number of hydrogen-bond donors (Lipinski definition) is 2. The molecule has 0 aliphatic carbocycles. The number of nitrogens with zero attached hydrogens (tertiary/aromatic N) is 2. The summed E-state index contributed by atoms with van der Waals surface area (Å²) in [6.45, 7) is 8.27. The molecular formula is C15H24N4O3. The van der Waals surface area contributed by atoms with Crippen molar-refractivity contribution in [1.29, 1.82) is 0 Å².